The Labute approximate surface area is 149 Å². The normalized spacial score (nSPS) is 19.7. The molecule has 2 heterocycles. The molecule has 2 aliphatic rings. The molecule has 5 heteroatoms. The third kappa shape index (κ3) is 5.25. The van der Waals surface area contributed by atoms with Crippen LogP contribution in [0.25, 0.3) is 0 Å². The monoisotopic (exact) mass is 349 g/mol. The molecule has 0 saturated carbocycles. The Bertz CT molecular complexity index is 554. The predicted molar refractivity (Wildman–Crippen MR) is 93.6 cm³/mol. The van der Waals surface area contributed by atoms with E-state index in [1.165, 1.54) is 6.07 Å². The van der Waals surface area contributed by atoms with Crippen LogP contribution < -0.4 is 0 Å². The Kier molecular flexibility index (Phi) is 6.82. The van der Waals surface area contributed by atoms with E-state index < -0.39 is 0 Å². The van der Waals surface area contributed by atoms with Crippen molar-refractivity contribution in [2.75, 3.05) is 26.4 Å². The summed E-state index contributed by atoms with van der Waals surface area (Å²) in [6.07, 6.45) is 5.18. The fourth-order valence-electron chi connectivity index (χ4n) is 3.73. The van der Waals surface area contributed by atoms with Crippen LogP contribution in [0, 0.1) is 11.7 Å². The third-order valence-corrected chi connectivity index (χ3v) is 5.36. The van der Waals surface area contributed by atoms with Gasteiger partial charge in [-0.05, 0) is 44.1 Å². The van der Waals surface area contributed by atoms with E-state index >= 15 is 0 Å². The van der Waals surface area contributed by atoms with Gasteiger partial charge in [0.05, 0.1) is 0 Å². The first kappa shape index (κ1) is 18.3. The molecule has 4 nitrogen and oxygen atoms in total. The van der Waals surface area contributed by atoms with E-state index in [9.17, 15) is 9.18 Å². The van der Waals surface area contributed by atoms with E-state index in [0.29, 0.717) is 37.7 Å². The first-order valence-electron chi connectivity index (χ1n) is 9.42. The van der Waals surface area contributed by atoms with Gasteiger partial charge < -0.3 is 14.4 Å². The van der Waals surface area contributed by atoms with Crippen molar-refractivity contribution < 1.29 is 18.7 Å². The number of hydrogen-bond acceptors (Lipinski definition) is 3. The molecule has 0 bridgehead atoms. The number of ether oxygens (including phenoxy) is 2. The molecular weight excluding hydrogens is 321 g/mol. The molecule has 25 heavy (non-hydrogen) atoms. The second-order valence-corrected chi connectivity index (χ2v) is 7.05. The number of halogens is 1. The van der Waals surface area contributed by atoms with Gasteiger partial charge in [-0.15, -0.1) is 0 Å². The standard InChI is InChI=1S/C20H28FNO3/c21-19-4-2-1-3-17(19)15-22(18-9-13-25-14-10-18)20(23)6-5-16-7-11-24-12-8-16/h1-4,16,18H,5-15H2. The lowest BCUT2D eigenvalue weighted by Gasteiger charge is -2.35. The van der Waals surface area contributed by atoms with Gasteiger partial charge in [0, 0.05) is 51.0 Å². The van der Waals surface area contributed by atoms with E-state index in [1.54, 1.807) is 12.1 Å². The first-order chi connectivity index (χ1) is 12.2. The van der Waals surface area contributed by atoms with Crippen LogP contribution in [0.1, 0.15) is 44.1 Å². The van der Waals surface area contributed by atoms with Crippen LogP contribution in [0.5, 0.6) is 0 Å². The van der Waals surface area contributed by atoms with Gasteiger partial charge >= 0.3 is 0 Å². The summed E-state index contributed by atoms with van der Waals surface area (Å²) in [5.74, 6) is 0.473. The van der Waals surface area contributed by atoms with E-state index in [0.717, 1.165) is 45.3 Å². The van der Waals surface area contributed by atoms with E-state index in [-0.39, 0.29) is 17.8 Å². The van der Waals surface area contributed by atoms with Gasteiger partial charge in [-0.25, -0.2) is 4.39 Å². The Morgan fingerprint density at radius 3 is 2.36 bits per heavy atom. The second-order valence-electron chi connectivity index (χ2n) is 7.05. The molecule has 0 aliphatic carbocycles. The summed E-state index contributed by atoms with van der Waals surface area (Å²) in [5, 5.41) is 0. The van der Waals surface area contributed by atoms with Gasteiger partial charge in [0.25, 0.3) is 0 Å². The number of benzene rings is 1. The highest BCUT2D eigenvalue weighted by molar-refractivity contribution is 5.76. The van der Waals surface area contributed by atoms with E-state index in [4.69, 9.17) is 9.47 Å². The fourth-order valence-corrected chi connectivity index (χ4v) is 3.73. The van der Waals surface area contributed by atoms with Gasteiger partial charge in [-0.1, -0.05) is 18.2 Å². The molecule has 3 rings (SSSR count). The maximum Gasteiger partial charge on any atom is 0.223 e. The number of rotatable bonds is 6. The molecule has 1 aromatic carbocycles. The van der Waals surface area contributed by atoms with Crippen molar-refractivity contribution in [3.05, 3.63) is 35.6 Å². The molecule has 0 radical (unpaired) electrons. The summed E-state index contributed by atoms with van der Waals surface area (Å²) in [7, 11) is 0. The van der Waals surface area contributed by atoms with Crippen LogP contribution >= 0.6 is 0 Å². The number of hydrogen-bond donors (Lipinski definition) is 0. The maximum atomic E-state index is 14.1. The number of nitrogens with zero attached hydrogens (tertiary/aromatic N) is 1. The molecule has 0 N–H and O–H groups in total. The first-order valence-corrected chi connectivity index (χ1v) is 9.42. The summed E-state index contributed by atoms with van der Waals surface area (Å²) >= 11 is 0. The molecule has 1 amide bonds. The molecule has 0 aromatic heterocycles. The van der Waals surface area contributed by atoms with E-state index in [2.05, 4.69) is 0 Å². The molecule has 1 aromatic rings. The van der Waals surface area contributed by atoms with E-state index in [1.807, 2.05) is 11.0 Å². The predicted octanol–water partition coefficient (Wildman–Crippen LogP) is 3.54. The fraction of sp³-hybridized carbons (Fsp3) is 0.650. The average Bonchev–Trinajstić information content (AvgIpc) is 2.67. The van der Waals surface area contributed by atoms with Crippen molar-refractivity contribution in [1.82, 2.24) is 4.90 Å². The Hall–Kier alpha value is -1.46. The van der Waals surface area contributed by atoms with Gasteiger partial charge in [0.1, 0.15) is 5.82 Å². The lowest BCUT2D eigenvalue weighted by Crippen LogP contribution is -2.43. The van der Waals surface area contributed by atoms with Crippen molar-refractivity contribution in [2.45, 2.75) is 51.1 Å². The lowest BCUT2D eigenvalue weighted by molar-refractivity contribution is -0.136. The number of carbonyl (C=O) groups is 1. The minimum absolute atomic E-state index is 0.140. The van der Waals surface area contributed by atoms with Gasteiger partial charge in [-0.2, -0.15) is 0 Å². The Balaban J connectivity index is 1.64. The van der Waals surface area contributed by atoms with Gasteiger partial charge in [0.15, 0.2) is 0 Å². The van der Waals surface area contributed by atoms with Crippen molar-refractivity contribution in [3.8, 4) is 0 Å². The van der Waals surface area contributed by atoms with Crippen LogP contribution in [0.3, 0.4) is 0 Å². The molecule has 2 fully saturated rings. The Morgan fingerprint density at radius 2 is 1.68 bits per heavy atom. The van der Waals surface area contributed by atoms with Crippen LogP contribution in [-0.4, -0.2) is 43.3 Å². The highest BCUT2D eigenvalue weighted by Gasteiger charge is 2.27. The largest absolute Gasteiger partial charge is 0.381 e. The molecule has 0 unspecified atom stereocenters. The average molecular weight is 349 g/mol. The zero-order chi connectivity index (χ0) is 17.5. The maximum absolute atomic E-state index is 14.1. The Morgan fingerprint density at radius 1 is 1.04 bits per heavy atom. The molecule has 138 valence electrons. The molecular formula is C20H28FNO3. The summed E-state index contributed by atoms with van der Waals surface area (Å²) in [4.78, 5) is 14.8. The highest BCUT2D eigenvalue weighted by atomic mass is 19.1. The summed E-state index contributed by atoms with van der Waals surface area (Å²) < 4.78 is 24.9. The number of amides is 1. The highest BCUT2D eigenvalue weighted by Crippen LogP contribution is 2.24. The van der Waals surface area contributed by atoms with Gasteiger partial charge in [-0.3, -0.25) is 4.79 Å². The molecule has 2 saturated heterocycles. The van der Waals surface area contributed by atoms with Crippen LogP contribution in [0.4, 0.5) is 4.39 Å². The van der Waals surface area contributed by atoms with Crippen LogP contribution in [0.2, 0.25) is 0 Å². The molecule has 2 aliphatic heterocycles. The second kappa shape index (κ2) is 9.30. The summed E-state index contributed by atoms with van der Waals surface area (Å²) in [5.41, 5.74) is 0.591. The zero-order valence-corrected chi connectivity index (χ0v) is 14.8. The lowest BCUT2D eigenvalue weighted by atomic mass is 9.94. The smallest absolute Gasteiger partial charge is 0.223 e. The minimum Gasteiger partial charge on any atom is -0.381 e. The van der Waals surface area contributed by atoms with Crippen LogP contribution in [0.15, 0.2) is 24.3 Å². The summed E-state index contributed by atoms with van der Waals surface area (Å²) in [6, 6.07) is 6.89. The minimum atomic E-state index is -0.239. The van der Waals surface area contributed by atoms with Crippen molar-refractivity contribution >= 4 is 5.91 Å². The quantitative estimate of drug-likeness (QED) is 0.788. The van der Waals surface area contributed by atoms with Gasteiger partial charge in [0.2, 0.25) is 5.91 Å². The zero-order valence-electron chi connectivity index (χ0n) is 14.8. The summed E-state index contributed by atoms with van der Waals surface area (Å²) in [6.45, 7) is 3.30. The van der Waals surface area contributed by atoms with Crippen molar-refractivity contribution in [1.29, 1.82) is 0 Å². The SMILES string of the molecule is O=C(CCC1CCOCC1)N(Cc1ccccc1F)C1CCOCC1. The van der Waals surface area contributed by atoms with Crippen molar-refractivity contribution in [2.24, 2.45) is 5.92 Å². The molecule has 0 spiro atoms. The third-order valence-electron chi connectivity index (χ3n) is 5.36. The number of carbonyl (C=O) groups excluding carboxylic acids is 1. The topological polar surface area (TPSA) is 38.8 Å². The van der Waals surface area contributed by atoms with Crippen molar-refractivity contribution in [3.63, 3.8) is 0 Å². The van der Waals surface area contributed by atoms with Crippen LogP contribution in [-0.2, 0) is 20.8 Å². The molecule has 0 atom stereocenters.